The van der Waals surface area contributed by atoms with E-state index in [-0.39, 0.29) is 34.3 Å². The highest BCUT2D eigenvalue weighted by Crippen LogP contribution is 2.58. The van der Waals surface area contributed by atoms with Crippen LogP contribution in [0, 0.1) is 13.8 Å². The Labute approximate surface area is 226 Å². The Balaban J connectivity index is 1.87. The van der Waals surface area contributed by atoms with Crippen molar-refractivity contribution in [2.24, 2.45) is 0 Å². The Hall–Kier alpha value is -3.70. The summed E-state index contributed by atoms with van der Waals surface area (Å²) in [7, 11) is 9.26. The molecule has 0 saturated carbocycles. The van der Waals surface area contributed by atoms with E-state index in [1.807, 2.05) is 11.8 Å². The average Bonchev–Trinajstić information content (AvgIpc) is 2.92. The Morgan fingerprint density at radius 2 is 1.33 bits per heavy atom. The fraction of sp³-hybridized carbons (Fsp3) is 0.500. The van der Waals surface area contributed by atoms with Crippen LogP contribution < -0.4 is 23.7 Å². The lowest BCUT2D eigenvalue weighted by Crippen LogP contribution is -2.68. The minimum atomic E-state index is -1.09. The number of nitrogens with zero attached hydrogens (tertiary/aromatic N) is 2. The van der Waals surface area contributed by atoms with Crippen molar-refractivity contribution in [1.82, 2.24) is 9.80 Å². The molecular formula is C28H34N2O9. The van der Waals surface area contributed by atoms with Gasteiger partial charge in [-0.2, -0.15) is 0 Å². The standard InChI is InChI=1S/C28H34N2O9/c1-11-21(32)18-17(27(39-8)24(11)36-5)15(10-31)30-20(22(18)33)19-16-13(9-14(28(30)34)29(19)3)23(35-4)12(2)25(37-6)26(16)38-7/h14-15,19-20,31-32H,9-10H2,1-8H3/t14-,15-,19?,20?/m0/s1. The zero-order valence-electron chi connectivity index (χ0n) is 23.4. The monoisotopic (exact) mass is 542 g/mol. The zero-order valence-corrected chi connectivity index (χ0v) is 23.4. The maximum absolute atomic E-state index is 14.5. The minimum absolute atomic E-state index is 0.00207. The van der Waals surface area contributed by atoms with Crippen LogP contribution in [-0.4, -0.2) is 93.0 Å². The number of amides is 1. The predicted molar refractivity (Wildman–Crippen MR) is 140 cm³/mol. The van der Waals surface area contributed by atoms with Gasteiger partial charge in [-0.05, 0) is 20.9 Å². The second-order valence-corrected chi connectivity index (χ2v) is 10.0. The molecule has 0 aliphatic carbocycles. The number of hydrogen-bond donors (Lipinski definition) is 2. The number of methoxy groups -OCH3 is 5. The summed E-state index contributed by atoms with van der Waals surface area (Å²) in [5.74, 6) is 0.841. The third kappa shape index (κ3) is 3.29. The van der Waals surface area contributed by atoms with Gasteiger partial charge in [0.25, 0.3) is 0 Å². The molecule has 1 saturated heterocycles. The number of likely N-dealkylation sites (N-methyl/N-ethyl adjacent to an activating group) is 1. The van der Waals surface area contributed by atoms with Gasteiger partial charge in [-0.25, -0.2) is 0 Å². The normalized spacial score (nSPS) is 23.6. The van der Waals surface area contributed by atoms with Gasteiger partial charge in [0.1, 0.15) is 17.5 Å². The molecule has 2 unspecified atom stereocenters. The quantitative estimate of drug-likeness (QED) is 0.560. The van der Waals surface area contributed by atoms with E-state index in [4.69, 9.17) is 23.7 Å². The lowest BCUT2D eigenvalue weighted by atomic mass is 9.73. The summed E-state index contributed by atoms with van der Waals surface area (Å²) in [6, 6.07) is -3.37. The Kier molecular flexibility index (Phi) is 6.54. The average molecular weight is 543 g/mol. The highest BCUT2D eigenvalue weighted by atomic mass is 16.5. The van der Waals surface area contributed by atoms with E-state index in [0.29, 0.717) is 34.8 Å². The van der Waals surface area contributed by atoms with Crippen molar-refractivity contribution in [2.45, 2.75) is 44.4 Å². The number of fused-ring (bicyclic) bond motifs is 7. The summed E-state index contributed by atoms with van der Waals surface area (Å²) >= 11 is 0. The summed E-state index contributed by atoms with van der Waals surface area (Å²) in [6.45, 7) is 2.97. The highest BCUT2D eigenvalue weighted by Gasteiger charge is 2.59. The van der Waals surface area contributed by atoms with Gasteiger partial charge in [-0.3, -0.25) is 14.5 Å². The number of Topliss-reactive ketones (excluding diaryl/α,β-unsaturated/α-hetero) is 1. The second-order valence-electron chi connectivity index (χ2n) is 10.0. The molecule has 11 nitrogen and oxygen atoms in total. The number of aliphatic hydroxyl groups excluding tert-OH is 1. The molecular weight excluding hydrogens is 508 g/mol. The van der Waals surface area contributed by atoms with Crippen molar-refractivity contribution < 1.29 is 43.5 Å². The number of phenolic OH excluding ortho intramolecular Hbond substituents is 1. The van der Waals surface area contributed by atoms with Gasteiger partial charge in [0, 0.05) is 34.2 Å². The first-order valence-electron chi connectivity index (χ1n) is 12.6. The van der Waals surface area contributed by atoms with Crippen LogP contribution >= 0.6 is 0 Å². The Bertz CT molecular complexity index is 1390. The second kappa shape index (κ2) is 9.49. The van der Waals surface area contributed by atoms with Crippen molar-refractivity contribution >= 4 is 11.7 Å². The smallest absolute Gasteiger partial charge is 0.241 e. The number of ether oxygens (including phenoxy) is 5. The molecule has 5 rings (SSSR count). The minimum Gasteiger partial charge on any atom is -0.507 e. The number of benzene rings is 2. The number of aromatic hydroxyl groups is 1. The third-order valence-electron chi connectivity index (χ3n) is 8.52. The van der Waals surface area contributed by atoms with Gasteiger partial charge >= 0.3 is 0 Å². The molecule has 210 valence electrons. The predicted octanol–water partition coefficient (Wildman–Crippen LogP) is 2.09. The molecule has 1 amide bonds. The molecule has 2 aromatic rings. The lowest BCUT2D eigenvalue weighted by molar-refractivity contribution is -0.155. The summed E-state index contributed by atoms with van der Waals surface area (Å²) in [4.78, 5) is 31.9. The van der Waals surface area contributed by atoms with Crippen molar-refractivity contribution in [3.8, 4) is 34.5 Å². The number of piperazine rings is 1. The van der Waals surface area contributed by atoms with Gasteiger partial charge < -0.3 is 38.8 Å². The SMILES string of the molecule is COc1c(C)c(OC)c(OC)c2c1C[C@H]1C(=O)N3C(C(=O)c4c(O)c(C)c(OC)c(OC)c4[C@@H]3CO)C2N1C. The number of ketones is 1. The number of rotatable bonds is 6. The van der Waals surface area contributed by atoms with Crippen LogP contribution in [-0.2, 0) is 11.2 Å². The third-order valence-corrected chi connectivity index (χ3v) is 8.52. The van der Waals surface area contributed by atoms with Gasteiger partial charge in [-0.15, -0.1) is 0 Å². The number of hydrogen-bond acceptors (Lipinski definition) is 10. The summed E-state index contributed by atoms with van der Waals surface area (Å²) < 4.78 is 28.5. The van der Waals surface area contributed by atoms with E-state index in [9.17, 15) is 19.8 Å². The van der Waals surface area contributed by atoms with E-state index in [0.717, 1.165) is 11.1 Å². The van der Waals surface area contributed by atoms with E-state index in [1.54, 1.807) is 21.1 Å². The summed E-state index contributed by atoms with van der Waals surface area (Å²) in [6.07, 6.45) is 0.299. The van der Waals surface area contributed by atoms with E-state index in [1.165, 1.54) is 33.3 Å². The first-order valence-corrected chi connectivity index (χ1v) is 12.6. The number of phenols is 1. The topological polar surface area (TPSA) is 127 Å². The van der Waals surface area contributed by atoms with Crippen molar-refractivity contribution in [2.75, 3.05) is 49.2 Å². The lowest BCUT2D eigenvalue weighted by Gasteiger charge is -2.56. The largest absolute Gasteiger partial charge is 0.507 e. The fourth-order valence-corrected chi connectivity index (χ4v) is 6.89. The molecule has 2 bridgehead atoms. The molecule has 4 atom stereocenters. The van der Waals surface area contributed by atoms with Crippen molar-refractivity contribution in [3.63, 3.8) is 0 Å². The van der Waals surface area contributed by atoms with Crippen LogP contribution in [0.15, 0.2) is 0 Å². The molecule has 2 aromatic carbocycles. The van der Waals surface area contributed by atoms with Gasteiger partial charge in [0.2, 0.25) is 5.91 Å². The maximum Gasteiger partial charge on any atom is 0.241 e. The van der Waals surface area contributed by atoms with Crippen LogP contribution in [0.1, 0.15) is 50.3 Å². The summed E-state index contributed by atoms with van der Waals surface area (Å²) in [5, 5.41) is 22.0. The first-order chi connectivity index (χ1) is 18.6. The highest BCUT2D eigenvalue weighted by molar-refractivity contribution is 6.10. The Morgan fingerprint density at radius 3 is 1.87 bits per heavy atom. The van der Waals surface area contributed by atoms with Crippen LogP contribution in [0.4, 0.5) is 0 Å². The van der Waals surface area contributed by atoms with Crippen LogP contribution in [0.2, 0.25) is 0 Å². The molecule has 2 N–H and O–H groups in total. The van der Waals surface area contributed by atoms with Crippen molar-refractivity contribution in [3.05, 3.63) is 33.4 Å². The fourth-order valence-electron chi connectivity index (χ4n) is 6.89. The van der Waals surface area contributed by atoms with Gasteiger partial charge in [0.05, 0.1) is 65.8 Å². The zero-order chi connectivity index (χ0) is 28.5. The molecule has 3 heterocycles. The van der Waals surface area contributed by atoms with Gasteiger partial charge in [0.15, 0.2) is 28.8 Å². The van der Waals surface area contributed by atoms with Crippen LogP contribution in [0.5, 0.6) is 34.5 Å². The molecule has 0 aromatic heterocycles. The molecule has 3 aliphatic rings. The Morgan fingerprint density at radius 1 is 0.795 bits per heavy atom. The van der Waals surface area contributed by atoms with E-state index >= 15 is 0 Å². The van der Waals surface area contributed by atoms with Crippen LogP contribution in [0.25, 0.3) is 0 Å². The summed E-state index contributed by atoms with van der Waals surface area (Å²) in [5.41, 5.74) is 2.70. The molecule has 11 heteroatoms. The molecule has 0 radical (unpaired) electrons. The van der Waals surface area contributed by atoms with Gasteiger partial charge in [-0.1, -0.05) is 0 Å². The molecule has 3 aliphatic heterocycles. The molecule has 1 fully saturated rings. The van der Waals surface area contributed by atoms with E-state index < -0.39 is 36.6 Å². The molecule has 0 spiro atoms. The maximum atomic E-state index is 14.5. The van der Waals surface area contributed by atoms with E-state index in [2.05, 4.69) is 0 Å². The van der Waals surface area contributed by atoms with Crippen molar-refractivity contribution in [1.29, 1.82) is 0 Å². The number of carbonyl (C=O) groups is 2. The van der Waals surface area contributed by atoms with Crippen LogP contribution in [0.3, 0.4) is 0 Å². The molecule has 39 heavy (non-hydrogen) atoms. The first kappa shape index (κ1) is 26.9. The number of aliphatic hydroxyl groups is 1. The number of carbonyl (C=O) groups excluding carboxylic acids is 2.